The molecule has 1 aromatic carbocycles. The molecule has 1 fully saturated rings. The molecule has 0 spiro atoms. The Morgan fingerprint density at radius 3 is 2.40 bits per heavy atom. The summed E-state index contributed by atoms with van der Waals surface area (Å²) in [6.45, 7) is 5.73. The Bertz CT molecular complexity index is 1470. The van der Waals surface area contributed by atoms with E-state index in [1.807, 2.05) is 24.3 Å². The second-order valence-electron chi connectivity index (χ2n) is 10.4. The zero-order valence-corrected chi connectivity index (χ0v) is 24.2. The molecule has 15 nitrogen and oxygen atoms in total. The molecule has 1 unspecified atom stereocenters. The number of nitrogens with one attached hydrogen (secondary N) is 1. The van der Waals surface area contributed by atoms with Gasteiger partial charge in [-0.2, -0.15) is 9.97 Å². The van der Waals surface area contributed by atoms with Crippen LogP contribution < -0.4 is 5.32 Å². The number of hydrogen-bond donors (Lipinski definition) is 7. The summed E-state index contributed by atoms with van der Waals surface area (Å²) in [5, 5.41) is 34.5. The average molecular weight is 622 g/mol. The van der Waals surface area contributed by atoms with Gasteiger partial charge in [0.15, 0.2) is 35.2 Å². The molecule has 220 valence electrons. The first-order chi connectivity index (χ1) is 18.4. The van der Waals surface area contributed by atoms with Gasteiger partial charge >= 0.3 is 15.2 Å². The quantitative estimate of drug-likeness (QED) is 0.102. The monoisotopic (exact) mass is 621 g/mol. The van der Waals surface area contributed by atoms with Crippen molar-refractivity contribution in [2.75, 3.05) is 17.8 Å². The van der Waals surface area contributed by atoms with E-state index in [0.717, 1.165) is 5.56 Å². The van der Waals surface area contributed by atoms with Crippen molar-refractivity contribution in [1.29, 1.82) is 0 Å². The van der Waals surface area contributed by atoms with Crippen LogP contribution in [-0.2, 0) is 30.4 Å². The number of nitrogens with zero attached hydrogens (tertiary/aromatic N) is 4. The lowest BCUT2D eigenvalue weighted by Gasteiger charge is -2.25. The number of rotatable bonds is 9. The first kappa shape index (κ1) is 30.9. The molecule has 40 heavy (non-hydrogen) atoms. The number of ether oxygens (including phenoxy) is 1. The predicted octanol–water partition coefficient (Wildman–Crippen LogP) is 1.67. The highest BCUT2D eigenvalue weighted by atomic mass is 35.5. The number of imidazole rings is 1. The average Bonchev–Trinajstić information content (AvgIpc) is 3.32. The summed E-state index contributed by atoms with van der Waals surface area (Å²) >= 11 is 6.14. The molecule has 18 heteroatoms. The molecule has 1 saturated heterocycles. The summed E-state index contributed by atoms with van der Waals surface area (Å²) in [6.07, 6.45) is -4.13. The lowest BCUT2D eigenvalue weighted by Crippen LogP contribution is -2.49. The molecular weight excluding hydrogens is 592 g/mol. The van der Waals surface area contributed by atoms with Crippen LogP contribution in [0, 0.1) is 0 Å². The van der Waals surface area contributed by atoms with Gasteiger partial charge in [-0.1, -0.05) is 45.0 Å². The number of benzene rings is 1. The molecule has 3 heterocycles. The van der Waals surface area contributed by atoms with E-state index < -0.39 is 51.9 Å². The summed E-state index contributed by atoms with van der Waals surface area (Å²) in [5.74, 6) is -4.21. The van der Waals surface area contributed by atoms with Gasteiger partial charge in [0, 0.05) is 6.54 Å². The van der Waals surface area contributed by atoms with E-state index in [0.29, 0.717) is 6.54 Å². The van der Waals surface area contributed by atoms with E-state index in [4.69, 9.17) is 26.1 Å². The Morgan fingerprint density at radius 1 is 1.15 bits per heavy atom. The first-order valence-electron chi connectivity index (χ1n) is 11.9. The summed E-state index contributed by atoms with van der Waals surface area (Å²) in [4.78, 5) is 40.1. The van der Waals surface area contributed by atoms with Crippen molar-refractivity contribution in [1.82, 2.24) is 19.5 Å². The summed E-state index contributed by atoms with van der Waals surface area (Å²) < 4.78 is 34.4. The molecule has 0 amide bonds. The van der Waals surface area contributed by atoms with Crippen LogP contribution in [0.15, 0.2) is 30.6 Å². The Hall–Kier alpha value is -2.00. The van der Waals surface area contributed by atoms with Crippen LogP contribution in [0.3, 0.4) is 0 Å². The third-order valence-electron chi connectivity index (χ3n) is 6.22. The molecule has 3 aromatic rings. The highest BCUT2D eigenvalue weighted by Crippen LogP contribution is 2.55. The van der Waals surface area contributed by atoms with Gasteiger partial charge in [0.25, 0.3) is 0 Å². The van der Waals surface area contributed by atoms with E-state index in [2.05, 4.69) is 45.6 Å². The van der Waals surface area contributed by atoms with Crippen LogP contribution in [0.4, 0.5) is 5.82 Å². The molecular formula is C22H30ClN5O10P2. The normalized spacial score (nSPS) is 22.9. The fourth-order valence-corrected chi connectivity index (χ4v) is 6.81. The molecule has 1 aliphatic heterocycles. The number of aliphatic hydroxyl groups is 3. The molecule has 1 aliphatic rings. The lowest BCUT2D eigenvalue weighted by atomic mass is 9.87. The number of aliphatic hydroxyl groups excluding tert-OH is 1. The van der Waals surface area contributed by atoms with Crippen molar-refractivity contribution in [2.45, 2.75) is 57.0 Å². The fourth-order valence-electron chi connectivity index (χ4n) is 4.09. The van der Waals surface area contributed by atoms with Gasteiger partial charge < -0.3 is 44.6 Å². The first-order valence-corrected chi connectivity index (χ1v) is 15.8. The SMILES string of the molecule is CC(C)(C)c1ccc(CNc2nc(Cl)nc3c2ncn3[C@@H]2O[C@H](COP(=O)(O)CP(=O)(O)O)C(O)(O)[C@H]2O)cc1. The molecule has 4 atom stereocenters. The van der Waals surface area contributed by atoms with Gasteiger partial charge in [0.1, 0.15) is 6.10 Å². The topological polar surface area (TPSA) is 230 Å². The Morgan fingerprint density at radius 2 is 1.80 bits per heavy atom. The molecule has 4 rings (SSSR count). The fraction of sp³-hybridized carbons (Fsp3) is 0.500. The van der Waals surface area contributed by atoms with Crippen molar-refractivity contribution < 1.29 is 48.4 Å². The van der Waals surface area contributed by atoms with Crippen molar-refractivity contribution >= 4 is 43.8 Å². The Labute approximate surface area is 233 Å². The van der Waals surface area contributed by atoms with Gasteiger partial charge in [0.05, 0.1) is 12.9 Å². The highest BCUT2D eigenvalue weighted by molar-refractivity contribution is 7.70. The maximum atomic E-state index is 12.0. The van der Waals surface area contributed by atoms with Crippen molar-refractivity contribution in [3.05, 3.63) is 47.0 Å². The van der Waals surface area contributed by atoms with Gasteiger partial charge in [-0.25, -0.2) is 4.98 Å². The molecule has 0 aliphatic carbocycles. The molecule has 2 aromatic heterocycles. The maximum absolute atomic E-state index is 12.0. The van der Waals surface area contributed by atoms with E-state index in [9.17, 15) is 29.3 Å². The summed E-state index contributed by atoms with van der Waals surface area (Å²) in [5.41, 5.74) is 2.44. The zero-order valence-electron chi connectivity index (χ0n) is 21.6. The van der Waals surface area contributed by atoms with Crippen LogP contribution in [-0.4, -0.2) is 80.0 Å². The van der Waals surface area contributed by atoms with Crippen molar-refractivity contribution in [3.8, 4) is 0 Å². The molecule has 7 N–H and O–H groups in total. The van der Waals surface area contributed by atoms with E-state index in [1.165, 1.54) is 16.5 Å². The molecule has 0 saturated carbocycles. The Kier molecular flexibility index (Phi) is 8.52. The van der Waals surface area contributed by atoms with Crippen LogP contribution in [0.5, 0.6) is 0 Å². The smallest absolute Gasteiger partial charge is 0.340 e. The number of fused-ring (bicyclic) bond motifs is 1. The number of anilines is 1. The second kappa shape index (κ2) is 11.0. The minimum atomic E-state index is -4.91. The van der Waals surface area contributed by atoms with E-state index in [-0.39, 0.29) is 27.7 Å². The van der Waals surface area contributed by atoms with Gasteiger partial charge in [-0.15, -0.1) is 0 Å². The minimum absolute atomic E-state index is 0.00449. The Balaban J connectivity index is 1.54. The van der Waals surface area contributed by atoms with Crippen LogP contribution in [0.2, 0.25) is 5.28 Å². The lowest BCUT2D eigenvalue weighted by molar-refractivity contribution is -0.234. The van der Waals surface area contributed by atoms with Crippen LogP contribution in [0.25, 0.3) is 11.2 Å². The maximum Gasteiger partial charge on any atom is 0.340 e. The molecule has 0 radical (unpaired) electrons. The zero-order chi connectivity index (χ0) is 29.7. The number of hydrogen-bond acceptors (Lipinski definition) is 11. The van der Waals surface area contributed by atoms with Crippen molar-refractivity contribution in [2.24, 2.45) is 0 Å². The second-order valence-corrected chi connectivity index (χ2v) is 14.8. The summed E-state index contributed by atoms with van der Waals surface area (Å²) in [6, 6.07) is 8.02. The van der Waals surface area contributed by atoms with Gasteiger partial charge in [-0.3, -0.25) is 13.7 Å². The third kappa shape index (κ3) is 6.89. The van der Waals surface area contributed by atoms with Crippen LogP contribution in [0.1, 0.15) is 38.1 Å². The summed E-state index contributed by atoms with van der Waals surface area (Å²) in [7, 11) is -9.75. The standard InChI is InChI=1S/C22H30ClN5O10P2/c1-21(2,3)13-6-4-12(5-7-13)8-24-17-15-18(27-20(23)26-17)28(10-25-15)19-16(29)22(30,31)14(38-19)9-37-40(35,36)11-39(32,33)34/h4-7,10,14,16,19,29-31H,8-9,11H2,1-3H3,(H,35,36)(H,24,26,27)(H2,32,33,34)/t14-,16+,19-/m1/s1. The largest absolute Gasteiger partial charge is 0.383 e. The van der Waals surface area contributed by atoms with E-state index >= 15 is 0 Å². The van der Waals surface area contributed by atoms with E-state index in [1.54, 1.807) is 0 Å². The van der Waals surface area contributed by atoms with Crippen LogP contribution >= 0.6 is 26.8 Å². The number of halogens is 1. The predicted molar refractivity (Wildman–Crippen MR) is 143 cm³/mol. The van der Waals surface area contributed by atoms with Gasteiger partial charge in [0.2, 0.25) is 11.1 Å². The van der Waals surface area contributed by atoms with Gasteiger partial charge in [-0.05, 0) is 28.1 Å². The highest BCUT2D eigenvalue weighted by Gasteiger charge is 2.56. The minimum Gasteiger partial charge on any atom is -0.383 e. The molecule has 0 bridgehead atoms. The van der Waals surface area contributed by atoms with Crippen molar-refractivity contribution in [3.63, 3.8) is 0 Å². The third-order valence-corrected chi connectivity index (χ3v) is 9.85. The number of aromatic nitrogens is 4.